The molecule has 0 spiro atoms. The van der Waals surface area contributed by atoms with Gasteiger partial charge in [0, 0.05) is 4.90 Å². The molecule has 0 saturated heterocycles. The highest BCUT2D eigenvalue weighted by molar-refractivity contribution is 8.00. The number of Topliss-reactive ketones (excluding diaryl/α,β-unsaturated/α-hetero) is 1. The van der Waals surface area contributed by atoms with E-state index in [1.54, 1.807) is 18.2 Å². The van der Waals surface area contributed by atoms with Crippen LogP contribution in [-0.4, -0.2) is 18.1 Å². The highest BCUT2D eigenvalue weighted by Gasteiger charge is 2.14. The lowest BCUT2D eigenvalue weighted by atomic mass is 10.2. The Morgan fingerprint density at radius 3 is 2.94 bits per heavy atom. The van der Waals surface area contributed by atoms with Crippen molar-refractivity contribution in [2.24, 2.45) is 0 Å². The second-order valence-corrected chi connectivity index (χ2v) is 4.72. The molecular formula is C13H13FO2S. The van der Waals surface area contributed by atoms with Crippen LogP contribution in [0.25, 0.3) is 0 Å². The van der Waals surface area contributed by atoms with Gasteiger partial charge in [-0.3, -0.25) is 4.79 Å². The summed E-state index contributed by atoms with van der Waals surface area (Å²) in [6.45, 7) is 0.599. The molecule has 1 aromatic rings. The molecule has 0 aromatic heterocycles. The molecule has 2 rings (SSSR count). The fourth-order valence-electron chi connectivity index (χ4n) is 1.53. The highest BCUT2D eigenvalue weighted by atomic mass is 32.2. The number of ether oxygens (including phenoxy) is 1. The molecule has 0 amide bonds. The summed E-state index contributed by atoms with van der Waals surface area (Å²) in [6.07, 6.45) is 3.65. The summed E-state index contributed by atoms with van der Waals surface area (Å²) in [4.78, 5) is 12.2. The Morgan fingerprint density at radius 1 is 1.41 bits per heavy atom. The van der Waals surface area contributed by atoms with Gasteiger partial charge in [-0.1, -0.05) is 12.1 Å². The summed E-state index contributed by atoms with van der Waals surface area (Å²) in [7, 11) is 0. The lowest BCUT2D eigenvalue weighted by Crippen LogP contribution is -2.12. The molecule has 0 radical (unpaired) electrons. The molecule has 0 saturated carbocycles. The van der Waals surface area contributed by atoms with Gasteiger partial charge in [-0.25, -0.2) is 4.39 Å². The summed E-state index contributed by atoms with van der Waals surface area (Å²) in [5, 5.41) is 0. The van der Waals surface area contributed by atoms with E-state index in [-0.39, 0.29) is 17.4 Å². The van der Waals surface area contributed by atoms with Crippen LogP contribution in [-0.2, 0) is 9.53 Å². The number of benzene rings is 1. The zero-order valence-electron chi connectivity index (χ0n) is 9.32. The summed E-state index contributed by atoms with van der Waals surface area (Å²) >= 11 is 1.20. The van der Waals surface area contributed by atoms with Crippen LogP contribution in [0, 0.1) is 5.82 Å². The van der Waals surface area contributed by atoms with E-state index in [0.717, 1.165) is 12.8 Å². The SMILES string of the molecule is O=C(CSc1ccccc1F)C1=CCCCO1. The Balaban J connectivity index is 1.92. The van der Waals surface area contributed by atoms with Gasteiger partial charge in [-0.2, -0.15) is 0 Å². The minimum absolute atomic E-state index is 0.0713. The lowest BCUT2D eigenvalue weighted by Gasteiger charge is -2.13. The van der Waals surface area contributed by atoms with Gasteiger partial charge in [0.2, 0.25) is 5.78 Å². The molecule has 1 aliphatic heterocycles. The maximum absolute atomic E-state index is 13.3. The van der Waals surface area contributed by atoms with E-state index in [4.69, 9.17) is 4.74 Å². The minimum atomic E-state index is -0.288. The van der Waals surface area contributed by atoms with Crippen molar-refractivity contribution in [1.82, 2.24) is 0 Å². The van der Waals surface area contributed by atoms with Crippen LogP contribution in [0.1, 0.15) is 12.8 Å². The van der Waals surface area contributed by atoms with Crippen LogP contribution in [0.4, 0.5) is 4.39 Å². The van der Waals surface area contributed by atoms with Crippen molar-refractivity contribution in [2.45, 2.75) is 17.7 Å². The van der Waals surface area contributed by atoms with E-state index in [0.29, 0.717) is 17.3 Å². The standard InChI is InChI=1S/C13H13FO2S/c14-10-5-1-2-7-13(10)17-9-11(15)12-6-3-4-8-16-12/h1-2,5-7H,3-4,8-9H2. The molecule has 0 aliphatic carbocycles. The Bertz CT molecular complexity index is 443. The molecule has 90 valence electrons. The molecule has 1 aromatic carbocycles. The summed E-state index contributed by atoms with van der Waals surface area (Å²) < 4.78 is 18.6. The van der Waals surface area contributed by atoms with Gasteiger partial charge in [0.15, 0.2) is 5.76 Å². The third-order valence-corrected chi connectivity index (χ3v) is 3.45. The van der Waals surface area contributed by atoms with Crippen LogP contribution in [0.3, 0.4) is 0 Å². The Kier molecular flexibility index (Phi) is 4.20. The number of ketones is 1. The molecule has 0 N–H and O–H groups in total. The van der Waals surface area contributed by atoms with Crippen molar-refractivity contribution in [3.05, 3.63) is 41.9 Å². The van der Waals surface area contributed by atoms with Crippen molar-refractivity contribution in [3.63, 3.8) is 0 Å². The van der Waals surface area contributed by atoms with Crippen LogP contribution in [0.15, 0.2) is 41.0 Å². The van der Waals surface area contributed by atoms with Crippen molar-refractivity contribution in [2.75, 3.05) is 12.4 Å². The third kappa shape index (κ3) is 3.33. The molecule has 0 unspecified atom stereocenters. The van der Waals surface area contributed by atoms with Crippen molar-refractivity contribution >= 4 is 17.5 Å². The number of thioether (sulfide) groups is 1. The third-order valence-electron chi connectivity index (χ3n) is 2.41. The highest BCUT2D eigenvalue weighted by Crippen LogP contribution is 2.23. The van der Waals surface area contributed by atoms with Gasteiger partial charge in [0.1, 0.15) is 5.82 Å². The molecule has 0 fully saturated rings. The van der Waals surface area contributed by atoms with E-state index in [1.165, 1.54) is 17.8 Å². The summed E-state index contributed by atoms with van der Waals surface area (Å²) in [5.74, 6) is 0.286. The predicted octanol–water partition coefficient (Wildman–Crippen LogP) is 3.18. The van der Waals surface area contributed by atoms with Gasteiger partial charge in [-0.15, -0.1) is 11.8 Å². The van der Waals surface area contributed by atoms with Gasteiger partial charge in [0.05, 0.1) is 12.4 Å². The number of allylic oxidation sites excluding steroid dienone is 2. The largest absolute Gasteiger partial charge is 0.490 e. The quantitative estimate of drug-likeness (QED) is 0.770. The first kappa shape index (κ1) is 12.2. The number of rotatable bonds is 4. The van der Waals surface area contributed by atoms with Gasteiger partial charge >= 0.3 is 0 Å². The molecule has 17 heavy (non-hydrogen) atoms. The smallest absolute Gasteiger partial charge is 0.207 e. The van der Waals surface area contributed by atoms with E-state index in [1.807, 2.05) is 6.08 Å². The Labute approximate surface area is 104 Å². The molecule has 1 heterocycles. The first-order valence-corrected chi connectivity index (χ1v) is 6.49. The molecule has 2 nitrogen and oxygen atoms in total. The molecule has 0 bridgehead atoms. The number of halogens is 1. The second kappa shape index (κ2) is 5.87. The van der Waals surface area contributed by atoms with E-state index in [2.05, 4.69) is 0 Å². The predicted molar refractivity (Wildman–Crippen MR) is 65.4 cm³/mol. The number of carbonyl (C=O) groups is 1. The summed E-state index contributed by atoms with van der Waals surface area (Å²) in [5.41, 5.74) is 0. The maximum Gasteiger partial charge on any atom is 0.207 e. The van der Waals surface area contributed by atoms with E-state index >= 15 is 0 Å². The van der Waals surface area contributed by atoms with Crippen LogP contribution in [0.5, 0.6) is 0 Å². The number of carbonyl (C=O) groups excluding carboxylic acids is 1. The lowest BCUT2D eigenvalue weighted by molar-refractivity contribution is -0.116. The van der Waals surface area contributed by atoms with Crippen molar-refractivity contribution in [3.8, 4) is 0 Å². The zero-order valence-corrected chi connectivity index (χ0v) is 10.1. The molecular weight excluding hydrogens is 239 g/mol. The Hall–Kier alpha value is -1.29. The maximum atomic E-state index is 13.3. The van der Waals surface area contributed by atoms with Crippen LogP contribution in [0.2, 0.25) is 0 Å². The topological polar surface area (TPSA) is 26.3 Å². The molecule has 0 atom stereocenters. The van der Waals surface area contributed by atoms with E-state index in [9.17, 15) is 9.18 Å². The van der Waals surface area contributed by atoms with Crippen molar-refractivity contribution in [1.29, 1.82) is 0 Å². The number of hydrogen-bond donors (Lipinski definition) is 0. The number of hydrogen-bond acceptors (Lipinski definition) is 3. The average Bonchev–Trinajstić information content (AvgIpc) is 2.38. The normalized spacial score (nSPS) is 15.0. The average molecular weight is 252 g/mol. The van der Waals surface area contributed by atoms with E-state index < -0.39 is 0 Å². The molecule has 1 aliphatic rings. The van der Waals surface area contributed by atoms with Gasteiger partial charge in [-0.05, 0) is 31.1 Å². The zero-order chi connectivity index (χ0) is 12.1. The minimum Gasteiger partial charge on any atom is -0.490 e. The van der Waals surface area contributed by atoms with Gasteiger partial charge in [0.25, 0.3) is 0 Å². The summed E-state index contributed by atoms with van der Waals surface area (Å²) in [6, 6.07) is 6.45. The van der Waals surface area contributed by atoms with Gasteiger partial charge < -0.3 is 4.74 Å². The first-order chi connectivity index (χ1) is 8.27. The first-order valence-electron chi connectivity index (χ1n) is 5.51. The fraction of sp³-hybridized carbons (Fsp3) is 0.308. The fourth-order valence-corrected chi connectivity index (χ4v) is 2.34. The molecule has 4 heteroatoms. The monoisotopic (exact) mass is 252 g/mol. The van der Waals surface area contributed by atoms with Crippen LogP contribution < -0.4 is 0 Å². The second-order valence-electron chi connectivity index (χ2n) is 3.70. The van der Waals surface area contributed by atoms with Crippen molar-refractivity contribution < 1.29 is 13.9 Å². The Morgan fingerprint density at radius 2 is 2.24 bits per heavy atom. The van der Waals surface area contributed by atoms with Crippen LogP contribution >= 0.6 is 11.8 Å².